The largest absolute Gasteiger partial charge is 0.492 e. The maximum absolute atomic E-state index is 14.9. The van der Waals surface area contributed by atoms with Crippen molar-refractivity contribution in [3.8, 4) is 17.0 Å². The second-order valence-electron chi connectivity index (χ2n) is 12.1. The highest BCUT2D eigenvalue weighted by Crippen LogP contribution is 2.53. The van der Waals surface area contributed by atoms with Crippen LogP contribution in [0.25, 0.3) is 11.3 Å². The summed E-state index contributed by atoms with van der Waals surface area (Å²) in [5, 5.41) is 14.8. The summed E-state index contributed by atoms with van der Waals surface area (Å²) >= 11 is 0. The Morgan fingerprint density at radius 2 is 1.93 bits per heavy atom. The van der Waals surface area contributed by atoms with Gasteiger partial charge in [0.1, 0.15) is 11.6 Å². The average Bonchev–Trinajstić information content (AvgIpc) is 3.29. The quantitative estimate of drug-likeness (QED) is 0.314. The van der Waals surface area contributed by atoms with Crippen molar-refractivity contribution in [2.45, 2.75) is 63.3 Å². The number of β-amino-alcohol motifs (C(OH)–C–C–N with tert-alkyl or cyclic N) is 1. The van der Waals surface area contributed by atoms with E-state index < -0.39 is 40.9 Å². The standard InChI is InChI=1S/C30H36F4N4O4/c1-28(14-21(39)15-36-28)27(41)37-26(40)20-3-5-23(24(31)13-20)25-6-4-22(16-35-25)42-17-19-7-11-38(12-8-19)18-29(9-2-10-29)30(32,33)34/h3-6,13,16,19,21,36,39H,2,7-12,14-15,17-18H2,1H3,(H,37,40,41)/t21-,28+/m1/s1. The van der Waals surface area contributed by atoms with E-state index in [-0.39, 0.29) is 49.4 Å². The molecule has 0 bridgehead atoms. The number of carbonyl (C=O) groups excluding carboxylic acids is 2. The molecule has 3 aliphatic rings. The van der Waals surface area contributed by atoms with E-state index in [1.165, 1.54) is 18.3 Å². The summed E-state index contributed by atoms with van der Waals surface area (Å²) < 4.78 is 61.3. The van der Waals surface area contributed by atoms with Crippen molar-refractivity contribution in [2.75, 3.05) is 32.8 Å². The van der Waals surface area contributed by atoms with E-state index in [9.17, 15) is 32.3 Å². The van der Waals surface area contributed by atoms with Crippen molar-refractivity contribution in [1.29, 1.82) is 0 Å². The fraction of sp³-hybridized carbons (Fsp3) is 0.567. The molecule has 3 fully saturated rings. The number of hydrogen-bond acceptors (Lipinski definition) is 7. The van der Waals surface area contributed by atoms with Crippen LogP contribution in [0.4, 0.5) is 17.6 Å². The molecule has 2 aromatic rings. The molecule has 1 aliphatic carbocycles. The number of imide groups is 1. The molecular weight excluding hydrogens is 556 g/mol. The third-order valence-corrected chi connectivity index (χ3v) is 8.97. The number of amides is 2. The van der Waals surface area contributed by atoms with Crippen molar-refractivity contribution in [3.05, 3.63) is 47.9 Å². The normalized spacial score (nSPS) is 24.7. The van der Waals surface area contributed by atoms with Crippen LogP contribution in [-0.2, 0) is 4.79 Å². The average molecular weight is 593 g/mol. The number of hydrogen-bond donors (Lipinski definition) is 3. The van der Waals surface area contributed by atoms with E-state index in [0.29, 0.717) is 37.6 Å². The number of aromatic nitrogens is 1. The predicted octanol–water partition coefficient (Wildman–Crippen LogP) is 4.08. The number of aliphatic hydroxyl groups is 1. The van der Waals surface area contributed by atoms with Gasteiger partial charge in [0, 0.05) is 30.6 Å². The van der Waals surface area contributed by atoms with E-state index in [4.69, 9.17) is 4.74 Å². The summed E-state index contributed by atoms with van der Waals surface area (Å²) in [6.45, 7) is 3.56. The number of likely N-dealkylation sites (tertiary alicyclic amines) is 1. The first kappa shape index (κ1) is 30.4. The molecule has 5 rings (SSSR count). The van der Waals surface area contributed by atoms with E-state index >= 15 is 0 Å². The lowest BCUT2D eigenvalue weighted by atomic mass is 9.67. The number of nitrogens with one attached hydrogen (secondary N) is 2. The Morgan fingerprint density at radius 1 is 1.19 bits per heavy atom. The Balaban J connectivity index is 1.10. The van der Waals surface area contributed by atoms with Gasteiger partial charge in [-0.15, -0.1) is 0 Å². The summed E-state index contributed by atoms with van der Waals surface area (Å²) in [7, 11) is 0. The Labute approximate surface area is 241 Å². The highest BCUT2D eigenvalue weighted by atomic mass is 19.4. The summed E-state index contributed by atoms with van der Waals surface area (Å²) in [6.07, 6.45) is -0.600. The van der Waals surface area contributed by atoms with Gasteiger partial charge in [0.15, 0.2) is 0 Å². The van der Waals surface area contributed by atoms with E-state index in [0.717, 1.165) is 18.9 Å². The Hall–Kier alpha value is -3.09. The number of nitrogens with zero attached hydrogens (tertiary/aromatic N) is 2. The minimum absolute atomic E-state index is 0.0287. The first-order valence-electron chi connectivity index (χ1n) is 14.3. The molecule has 12 heteroatoms. The molecule has 3 heterocycles. The fourth-order valence-electron chi connectivity index (χ4n) is 6.02. The molecule has 42 heavy (non-hydrogen) atoms. The first-order valence-corrected chi connectivity index (χ1v) is 14.3. The molecule has 0 radical (unpaired) electrons. The zero-order chi connectivity index (χ0) is 30.1. The van der Waals surface area contributed by atoms with Gasteiger partial charge in [-0.05, 0) is 81.9 Å². The monoisotopic (exact) mass is 592 g/mol. The van der Waals surface area contributed by atoms with Crippen LogP contribution >= 0.6 is 0 Å². The number of alkyl halides is 3. The van der Waals surface area contributed by atoms with Crippen molar-refractivity contribution in [1.82, 2.24) is 20.5 Å². The topological polar surface area (TPSA) is 104 Å². The van der Waals surface area contributed by atoms with Gasteiger partial charge in [0.2, 0.25) is 5.91 Å². The Bertz CT molecular complexity index is 1290. The molecule has 1 aromatic heterocycles. The van der Waals surface area contributed by atoms with Gasteiger partial charge in [0.25, 0.3) is 5.91 Å². The lowest BCUT2D eigenvalue weighted by Crippen LogP contribution is -2.53. The van der Waals surface area contributed by atoms with Gasteiger partial charge in [-0.1, -0.05) is 6.42 Å². The first-order chi connectivity index (χ1) is 19.9. The maximum Gasteiger partial charge on any atom is 0.395 e. The van der Waals surface area contributed by atoms with Crippen LogP contribution in [0, 0.1) is 17.2 Å². The van der Waals surface area contributed by atoms with Crippen LogP contribution in [-0.4, -0.2) is 77.4 Å². The third kappa shape index (κ3) is 6.45. The van der Waals surface area contributed by atoms with Crippen LogP contribution in [0.3, 0.4) is 0 Å². The maximum atomic E-state index is 14.9. The minimum Gasteiger partial charge on any atom is -0.492 e. The highest BCUT2D eigenvalue weighted by Gasteiger charge is 2.58. The molecule has 3 N–H and O–H groups in total. The van der Waals surface area contributed by atoms with Crippen LogP contribution < -0.4 is 15.4 Å². The Morgan fingerprint density at radius 3 is 2.48 bits per heavy atom. The van der Waals surface area contributed by atoms with E-state index in [2.05, 4.69) is 15.6 Å². The van der Waals surface area contributed by atoms with Crippen molar-refractivity contribution in [3.63, 3.8) is 0 Å². The van der Waals surface area contributed by atoms with Gasteiger partial charge in [-0.2, -0.15) is 13.2 Å². The van der Waals surface area contributed by atoms with Gasteiger partial charge in [-0.25, -0.2) is 4.39 Å². The van der Waals surface area contributed by atoms with Crippen LogP contribution in [0.1, 0.15) is 55.8 Å². The number of pyridine rings is 1. The molecule has 1 saturated carbocycles. The van der Waals surface area contributed by atoms with Crippen LogP contribution in [0.2, 0.25) is 0 Å². The lowest BCUT2D eigenvalue weighted by molar-refractivity contribution is -0.256. The predicted molar refractivity (Wildman–Crippen MR) is 146 cm³/mol. The van der Waals surface area contributed by atoms with E-state index in [1.54, 1.807) is 19.1 Å². The van der Waals surface area contributed by atoms with Gasteiger partial charge in [-0.3, -0.25) is 19.9 Å². The number of ether oxygens (including phenoxy) is 1. The highest BCUT2D eigenvalue weighted by molar-refractivity contribution is 6.07. The molecule has 0 unspecified atom stereocenters. The summed E-state index contributed by atoms with van der Waals surface area (Å²) in [4.78, 5) is 31.3. The molecule has 2 aliphatic heterocycles. The SMILES string of the molecule is C[C@@]1(C(=O)NC(=O)c2ccc(-c3ccc(OCC4CCN(CC5(C(F)(F)F)CCC5)CC4)cn3)c(F)c2)C[C@@H](O)CN1. The van der Waals surface area contributed by atoms with Crippen LogP contribution in [0.15, 0.2) is 36.5 Å². The summed E-state index contributed by atoms with van der Waals surface area (Å²) in [6, 6.07) is 7.13. The lowest BCUT2D eigenvalue weighted by Gasteiger charge is -2.47. The molecule has 2 atom stereocenters. The molecule has 2 saturated heterocycles. The second kappa shape index (κ2) is 11.9. The summed E-state index contributed by atoms with van der Waals surface area (Å²) in [5.74, 6) is -1.30. The second-order valence-corrected chi connectivity index (χ2v) is 12.1. The fourth-order valence-corrected chi connectivity index (χ4v) is 6.02. The minimum atomic E-state index is -4.15. The molecule has 8 nitrogen and oxygen atoms in total. The third-order valence-electron chi connectivity index (χ3n) is 8.97. The number of aliphatic hydroxyl groups excluding tert-OH is 1. The number of piperidine rings is 1. The zero-order valence-corrected chi connectivity index (χ0v) is 23.5. The smallest absolute Gasteiger partial charge is 0.395 e. The van der Waals surface area contributed by atoms with Crippen molar-refractivity contribution in [2.24, 2.45) is 11.3 Å². The molecular formula is C30H36F4N4O4. The van der Waals surface area contributed by atoms with Crippen molar-refractivity contribution >= 4 is 11.8 Å². The zero-order valence-electron chi connectivity index (χ0n) is 23.5. The number of benzene rings is 1. The number of halogens is 4. The molecule has 228 valence electrons. The van der Waals surface area contributed by atoms with Gasteiger partial charge < -0.3 is 20.1 Å². The van der Waals surface area contributed by atoms with Gasteiger partial charge >= 0.3 is 6.18 Å². The number of rotatable bonds is 8. The Kier molecular flexibility index (Phi) is 8.60. The number of carbonyl (C=O) groups is 2. The van der Waals surface area contributed by atoms with E-state index in [1.807, 2.05) is 4.90 Å². The van der Waals surface area contributed by atoms with Gasteiger partial charge in [0.05, 0.1) is 35.6 Å². The summed E-state index contributed by atoms with van der Waals surface area (Å²) in [5.41, 5.74) is -2.14. The molecule has 1 aromatic carbocycles. The van der Waals surface area contributed by atoms with Crippen molar-refractivity contribution < 1.29 is 37.0 Å². The van der Waals surface area contributed by atoms with Crippen LogP contribution in [0.5, 0.6) is 5.75 Å². The molecule has 0 spiro atoms. The molecule has 2 amide bonds.